The zero-order valence-corrected chi connectivity index (χ0v) is 25.5. The Labute approximate surface area is 221 Å². The predicted octanol–water partition coefficient (Wildman–Crippen LogP) is 6.10. The first kappa shape index (κ1) is 35.1. The molecule has 0 saturated heterocycles. The maximum atomic E-state index is 13.2. The molecule has 0 heterocycles. The molecule has 2 atom stereocenters. The molecule has 208 valence electrons. The highest BCUT2D eigenvalue weighted by molar-refractivity contribution is 8.14. The van der Waals surface area contributed by atoms with Crippen LogP contribution < -0.4 is 0 Å². The van der Waals surface area contributed by atoms with Crippen molar-refractivity contribution in [2.45, 2.75) is 92.8 Å². The molecule has 0 spiro atoms. The van der Waals surface area contributed by atoms with Crippen molar-refractivity contribution in [1.82, 2.24) is 0 Å². The maximum Gasteiger partial charge on any atom is 0.474 e. The van der Waals surface area contributed by atoms with Gasteiger partial charge in [0.15, 0.2) is 10.2 Å². The Kier molecular flexibility index (Phi) is 16.2. The summed E-state index contributed by atoms with van der Waals surface area (Å²) in [6, 6.07) is 0. The van der Waals surface area contributed by atoms with Crippen LogP contribution in [0.5, 0.6) is 0 Å². The third-order valence-electron chi connectivity index (χ3n) is 5.13. The fourth-order valence-electron chi connectivity index (χ4n) is 2.19. The van der Waals surface area contributed by atoms with Crippen LogP contribution in [0.1, 0.15) is 81.1 Å². The van der Waals surface area contributed by atoms with Crippen molar-refractivity contribution in [2.75, 3.05) is 38.4 Å². The third kappa shape index (κ3) is 15.2. The van der Waals surface area contributed by atoms with Gasteiger partial charge >= 0.3 is 7.82 Å². The molecule has 0 aromatic carbocycles. The second-order valence-electron chi connectivity index (χ2n) is 10.8. The molecule has 0 aliphatic carbocycles. The van der Waals surface area contributed by atoms with Gasteiger partial charge in [0.05, 0.1) is 25.9 Å². The van der Waals surface area contributed by atoms with Gasteiger partial charge in [-0.25, -0.2) is 4.57 Å². The summed E-state index contributed by atoms with van der Waals surface area (Å²) >= 11 is 2.58. The molecule has 8 nitrogen and oxygen atoms in total. The molecule has 0 fully saturated rings. The highest BCUT2D eigenvalue weighted by atomic mass is 32.2. The van der Waals surface area contributed by atoms with Gasteiger partial charge in [0.2, 0.25) is 0 Å². The van der Waals surface area contributed by atoms with E-state index in [4.69, 9.17) is 18.3 Å². The smallest absolute Gasteiger partial charge is 0.390 e. The Morgan fingerprint density at radius 1 is 0.800 bits per heavy atom. The van der Waals surface area contributed by atoms with Crippen LogP contribution >= 0.6 is 31.3 Å². The van der Waals surface area contributed by atoms with Gasteiger partial charge < -0.3 is 9.84 Å². The number of aliphatic hydroxyl groups excluding tert-OH is 1. The first-order chi connectivity index (χ1) is 16.0. The van der Waals surface area contributed by atoms with Crippen molar-refractivity contribution in [3.05, 3.63) is 0 Å². The molecule has 1 N–H and O–H groups in total. The summed E-state index contributed by atoms with van der Waals surface area (Å²) in [5, 5.41) is 10.3. The van der Waals surface area contributed by atoms with Crippen molar-refractivity contribution < 1.29 is 37.6 Å². The summed E-state index contributed by atoms with van der Waals surface area (Å²) in [5.41, 5.74) is -1.83. The van der Waals surface area contributed by atoms with Crippen molar-refractivity contribution >= 4 is 41.6 Å². The largest absolute Gasteiger partial charge is 0.474 e. The molecule has 0 rings (SSSR count). The van der Waals surface area contributed by atoms with Crippen LogP contribution in [0.4, 0.5) is 0 Å². The SMILES string of the molecule is CO[C@](C)(COP(=O)(OCCCCSC(=O)C(C)(C)C)OCCCCSC(=O)C(C)(C)C)[C@H](C)O. The number of carbonyl (C=O) groups is 2. The second-order valence-corrected chi connectivity index (χ2v) is 14.6. The number of hydrogen-bond donors (Lipinski definition) is 1. The molecule has 0 aliphatic rings. The van der Waals surface area contributed by atoms with Crippen LogP contribution in [0, 0.1) is 10.8 Å². The van der Waals surface area contributed by atoms with Crippen molar-refractivity contribution in [3.63, 3.8) is 0 Å². The molecule has 0 aliphatic heterocycles. The summed E-state index contributed by atoms with van der Waals surface area (Å²) in [6.45, 7) is 14.7. The van der Waals surface area contributed by atoms with Crippen molar-refractivity contribution in [2.24, 2.45) is 10.8 Å². The number of rotatable bonds is 17. The van der Waals surface area contributed by atoms with E-state index in [2.05, 4.69) is 0 Å². The highest BCUT2D eigenvalue weighted by Crippen LogP contribution is 2.50. The van der Waals surface area contributed by atoms with Crippen LogP contribution in [-0.4, -0.2) is 65.5 Å². The Morgan fingerprint density at radius 3 is 1.51 bits per heavy atom. The Balaban J connectivity index is 4.69. The van der Waals surface area contributed by atoms with Gasteiger partial charge in [0, 0.05) is 29.4 Å². The lowest BCUT2D eigenvalue weighted by Crippen LogP contribution is -2.43. The van der Waals surface area contributed by atoms with E-state index in [9.17, 15) is 19.3 Å². The first-order valence-electron chi connectivity index (χ1n) is 12.1. The maximum absolute atomic E-state index is 13.2. The average molecular weight is 559 g/mol. The number of unbranched alkanes of at least 4 members (excludes halogenated alkanes) is 2. The number of thioether (sulfide) groups is 2. The van der Waals surface area contributed by atoms with Crippen LogP contribution in [0.25, 0.3) is 0 Å². The van der Waals surface area contributed by atoms with E-state index in [1.165, 1.54) is 30.6 Å². The Morgan fingerprint density at radius 2 is 1.20 bits per heavy atom. The fourth-order valence-corrected chi connectivity index (χ4v) is 5.47. The lowest BCUT2D eigenvalue weighted by Gasteiger charge is -2.31. The van der Waals surface area contributed by atoms with E-state index in [1.807, 2.05) is 41.5 Å². The molecule has 0 radical (unpaired) electrons. The lowest BCUT2D eigenvalue weighted by atomic mass is 9.99. The monoisotopic (exact) mass is 558 g/mol. The summed E-state index contributed by atoms with van der Waals surface area (Å²) in [4.78, 5) is 24.0. The van der Waals surface area contributed by atoms with E-state index in [-0.39, 0.29) is 40.9 Å². The van der Waals surface area contributed by atoms with Gasteiger partial charge in [-0.05, 0) is 39.5 Å². The number of methoxy groups -OCH3 is 1. The van der Waals surface area contributed by atoms with Crippen LogP contribution in [0.2, 0.25) is 0 Å². The van der Waals surface area contributed by atoms with E-state index < -0.39 is 19.5 Å². The van der Waals surface area contributed by atoms with Crippen LogP contribution in [0.15, 0.2) is 0 Å². The second kappa shape index (κ2) is 16.1. The number of phosphoric ester groups is 1. The van der Waals surface area contributed by atoms with Gasteiger partial charge in [-0.15, -0.1) is 0 Å². The number of phosphoric acid groups is 1. The minimum absolute atomic E-state index is 0.134. The Hall–Kier alpha value is 0.0700. The molecule has 0 bridgehead atoms. The Bertz CT molecular complexity index is 646. The number of aliphatic hydroxyl groups is 1. The quantitative estimate of drug-likeness (QED) is 0.166. The minimum atomic E-state index is -3.90. The van der Waals surface area contributed by atoms with Gasteiger partial charge in [0.25, 0.3) is 0 Å². The molecule has 0 aromatic rings. The normalized spacial score (nSPS) is 15.6. The molecule has 0 saturated carbocycles. The summed E-state index contributed by atoms with van der Waals surface area (Å²) in [5.74, 6) is 1.31. The number of hydrogen-bond acceptors (Lipinski definition) is 10. The zero-order valence-electron chi connectivity index (χ0n) is 23.0. The van der Waals surface area contributed by atoms with Crippen molar-refractivity contribution in [3.8, 4) is 0 Å². The topological polar surface area (TPSA) is 108 Å². The van der Waals surface area contributed by atoms with Gasteiger partial charge in [0.1, 0.15) is 5.60 Å². The lowest BCUT2D eigenvalue weighted by molar-refractivity contribution is -0.118. The molecular formula is C24H47O8PS2. The van der Waals surface area contributed by atoms with E-state index in [0.29, 0.717) is 24.3 Å². The van der Waals surface area contributed by atoms with E-state index in [0.717, 1.165) is 12.8 Å². The average Bonchev–Trinajstić information content (AvgIpc) is 2.75. The zero-order chi connectivity index (χ0) is 27.3. The molecule has 0 amide bonds. The van der Waals surface area contributed by atoms with E-state index >= 15 is 0 Å². The summed E-state index contributed by atoms with van der Waals surface area (Å²) in [6.07, 6.45) is 1.75. The van der Waals surface area contributed by atoms with Gasteiger partial charge in [-0.3, -0.25) is 23.2 Å². The molecule has 11 heteroatoms. The van der Waals surface area contributed by atoms with Crippen molar-refractivity contribution in [1.29, 1.82) is 0 Å². The number of carbonyl (C=O) groups excluding carboxylic acids is 2. The van der Waals surface area contributed by atoms with Gasteiger partial charge in [-0.2, -0.15) is 0 Å². The van der Waals surface area contributed by atoms with Gasteiger partial charge in [-0.1, -0.05) is 65.1 Å². The number of ether oxygens (including phenoxy) is 1. The predicted molar refractivity (Wildman–Crippen MR) is 145 cm³/mol. The minimum Gasteiger partial charge on any atom is -0.390 e. The molecule has 0 unspecified atom stereocenters. The fraction of sp³-hybridized carbons (Fsp3) is 0.917. The standard InChI is InChI=1S/C24H47O8PS2/c1-19(25)24(8,29-9)18-32-33(28,30-14-10-12-16-34-20(26)22(2,3)4)31-15-11-13-17-35-21(27)23(5,6)7/h19,25H,10-18H2,1-9H3/t19-,24+/m0/s1. The highest BCUT2D eigenvalue weighted by Gasteiger charge is 2.36. The van der Waals surface area contributed by atoms with Crippen LogP contribution in [-0.2, 0) is 32.5 Å². The molecule has 0 aromatic heterocycles. The molecular weight excluding hydrogens is 511 g/mol. The van der Waals surface area contributed by atoms with Crippen LogP contribution in [0.3, 0.4) is 0 Å². The van der Waals surface area contributed by atoms with E-state index in [1.54, 1.807) is 13.8 Å². The first-order valence-corrected chi connectivity index (χ1v) is 15.5. The summed E-state index contributed by atoms with van der Waals surface area (Å²) in [7, 11) is -2.46. The summed E-state index contributed by atoms with van der Waals surface area (Å²) < 4.78 is 35.2. The molecule has 35 heavy (non-hydrogen) atoms. The third-order valence-corrected chi connectivity index (χ3v) is 9.30.